The Morgan fingerprint density at radius 3 is 2.48 bits per heavy atom. The van der Waals surface area contributed by atoms with Gasteiger partial charge in [0.1, 0.15) is 0 Å². The van der Waals surface area contributed by atoms with E-state index in [1.165, 1.54) is 4.80 Å². The fourth-order valence-corrected chi connectivity index (χ4v) is 3.14. The highest BCUT2D eigenvalue weighted by atomic mass is 79.9. The van der Waals surface area contributed by atoms with E-state index < -0.39 is 0 Å². The van der Waals surface area contributed by atoms with E-state index in [2.05, 4.69) is 31.3 Å². The number of tetrazole rings is 1. The molecular weight excluding hydrogens is 392 g/mol. The minimum atomic E-state index is 0.233. The summed E-state index contributed by atoms with van der Waals surface area (Å²) in [6, 6.07) is 9.36. The molecule has 3 heterocycles. The number of hydrogen-bond acceptors (Lipinski definition) is 7. The zero-order valence-corrected chi connectivity index (χ0v) is 14.4. The quantitative estimate of drug-likeness (QED) is 0.665. The lowest BCUT2D eigenvalue weighted by Gasteiger charge is -2.05. The Kier molecular flexibility index (Phi) is 3.27. The Bertz CT molecular complexity index is 975. The molecule has 5 rings (SSSR count). The van der Waals surface area contributed by atoms with Crippen molar-refractivity contribution in [3.05, 3.63) is 40.4 Å². The topological polar surface area (TPSA) is 80.5 Å². The Hall–Kier alpha value is -2.81. The fraction of sp³-hybridized carbons (Fsp3) is 0.188. The van der Waals surface area contributed by atoms with Gasteiger partial charge in [-0.1, -0.05) is 15.9 Å². The highest BCUT2D eigenvalue weighted by molar-refractivity contribution is 9.10. The molecule has 0 radical (unpaired) electrons. The van der Waals surface area contributed by atoms with Gasteiger partial charge in [-0.15, -0.1) is 10.2 Å². The van der Waals surface area contributed by atoms with Crippen molar-refractivity contribution in [2.75, 3.05) is 13.6 Å². The van der Waals surface area contributed by atoms with E-state index in [0.29, 0.717) is 23.9 Å². The monoisotopic (exact) mass is 402 g/mol. The van der Waals surface area contributed by atoms with E-state index in [4.69, 9.17) is 18.9 Å². The van der Waals surface area contributed by atoms with Crippen LogP contribution < -0.4 is 18.9 Å². The van der Waals surface area contributed by atoms with Crippen molar-refractivity contribution in [3.63, 3.8) is 0 Å². The molecule has 0 saturated carbocycles. The van der Waals surface area contributed by atoms with Crippen molar-refractivity contribution in [2.24, 2.45) is 0 Å². The van der Waals surface area contributed by atoms with Gasteiger partial charge in [0.05, 0.1) is 6.54 Å². The number of halogens is 1. The van der Waals surface area contributed by atoms with E-state index >= 15 is 0 Å². The van der Waals surface area contributed by atoms with Crippen molar-refractivity contribution < 1.29 is 18.9 Å². The van der Waals surface area contributed by atoms with Crippen LogP contribution in [-0.2, 0) is 6.54 Å². The summed E-state index contributed by atoms with van der Waals surface area (Å²) >= 11 is 3.54. The average molecular weight is 403 g/mol. The van der Waals surface area contributed by atoms with Gasteiger partial charge in [0.25, 0.3) is 0 Å². The number of rotatable bonds is 3. The fourth-order valence-electron chi connectivity index (χ4n) is 2.69. The maximum Gasteiger partial charge on any atom is 0.231 e. The minimum Gasteiger partial charge on any atom is -0.454 e. The summed E-state index contributed by atoms with van der Waals surface area (Å²) < 4.78 is 22.4. The van der Waals surface area contributed by atoms with Gasteiger partial charge in [0.2, 0.25) is 19.4 Å². The van der Waals surface area contributed by atoms with Crippen LogP contribution in [0.25, 0.3) is 11.4 Å². The van der Waals surface area contributed by atoms with Gasteiger partial charge < -0.3 is 18.9 Å². The summed E-state index contributed by atoms with van der Waals surface area (Å²) in [7, 11) is 0. The Morgan fingerprint density at radius 2 is 1.64 bits per heavy atom. The van der Waals surface area contributed by atoms with Gasteiger partial charge in [-0.05, 0) is 41.1 Å². The maximum absolute atomic E-state index is 5.41. The van der Waals surface area contributed by atoms with Gasteiger partial charge >= 0.3 is 0 Å². The first-order valence-corrected chi connectivity index (χ1v) is 8.31. The van der Waals surface area contributed by atoms with Crippen molar-refractivity contribution >= 4 is 15.9 Å². The lowest BCUT2D eigenvalue weighted by atomic mass is 10.2. The Balaban J connectivity index is 1.42. The second kappa shape index (κ2) is 5.62. The molecule has 0 amide bonds. The largest absolute Gasteiger partial charge is 0.454 e. The van der Waals surface area contributed by atoms with E-state index in [9.17, 15) is 0 Å². The van der Waals surface area contributed by atoms with Crippen molar-refractivity contribution in [2.45, 2.75) is 6.54 Å². The van der Waals surface area contributed by atoms with Crippen LogP contribution in [0.15, 0.2) is 34.8 Å². The zero-order chi connectivity index (χ0) is 16.8. The molecule has 25 heavy (non-hydrogen) atoms. The third-order valence-corrected chi connectivity index (χ3v) is 4.68. The second-order valence-electron chi connectivity index (χ2n) is 5.51. The molecule has 2 aliphatic heterocycles. The summed E-state index contributed by atoms with van der Waals surface area (Å²) in [4.78, 5) is 1.53. The number of hydrogen-bond donors (Lipinski definition) is 0. The first kappa shape index (κ1) is 14.5. The smallest absolute Gasteiger partial charge is 0.231 e. The van der Waals surface area contributed by atoms with Crippen LogP contribution in [0.4, 0.5) is 0 Å². The molecule has 0 aliphatic carbocycles. The standard InChI is InChI=1S/C16H11BrN4O4/c17-11-5-15-14(24-8-25-15)4-10(11)6-21-19-16(18-20-21)9-1-2-12-13(3-9)23-7-22-12/h1-5H,6-8H2. The SMILES string of the molecule is Brc1cc2c(cc1Cn1nnc(-c3ccc4c(c3)OCO4)n1)OCO2. The lowest BCUT2D eigenvalue weighted by molar-refractivity contribution is 0.173. The molecule has 0 spiro atoms. The molecule has 0 fully saturated rings. The molecule has 0 bridgehead atoms. The Labute approximate surface area is 150 Å². The molecule has 3 aromatic rings. The summed E-state index contributed by atoms with van der Waals surface area (Å²) in [5.74, 6) is 3.38. The molecule has 0 atom stereocenters. The molecule has 9 heteroatoms. The molecule has 1 aromatic heterocycles. The summed E-state index contributed by atoms with van der Waals surface area (Å²) in [6.07, 6.45) is 0. The molecule has 8 nitrogen and oxygen atoms in total. The third-order valence-electron chi connectivity index (χ3n) is 3.94. The van der Waals surface area contributed by atoms with Crippen LogP contribution in [-0.4, -0.2) is 33.8 Å². The molecule has 2 aliphatic rings. The number of fused-ring (bicyclic) bond motifs is 2. The van der Waals surface area contributed by atoms with Crippen molar-refractivity contribution in [1.82, 2.24) is 20.2 Å². The second-order valence-corrected chi connectivity index (χ2v) is 6.36. The van der Waals surface area contributed by atoms with Crippen LogP contribution in [0.1, 0.15) is 5.56 Å². The normalized spacial score (nSPS) is 14.1. The van der Waals surface area contributed by atoms with E-state index in [1.54, 1.807) is 0 Å². The van der Waals surface area contributed by atoms with Crippen LogP contribution in [0, 0.1) is 0 Å². The van der Waals surface area contributed by atoms with Crippen LogP contribution in [0.3, 0.4) is 0 Å². The molecule has 0 unspecified atom stereocenters. The summed E-state index contributed by atoms with van der Waals surface area (Å²) in [5, 5.41) is 12.7. The van der Waals surface area contributed by atoms with E-state index in [0.717, 1.165) is 27.1 Å². The van der Waals surface area contributed by atoms with Crippen LogP contribution in [0.5, 0.6) is 23.0 Å². The highest BCUT2D eigenvalue weighted by Gasteiger charge is 2.18. The zero-order valence-electron chi connectivity index (χ0n) is 12.8. The lowest BCUT2D eigenvalue weighted by Crippen LogP contribution is -2.04. The molecule has 0 N–H and O–H groups in total. The third kappa shape index (κ3) is 2.56. The van der Waals surface area contributed by atoms with Gasteiger partial charge in [-0.25, -0.2) is 0 Å². The predicted molar refractivity (Wildman–Crippen MR) is 88.7 cm³/mol. The molecular formula is C16H11BrN4O4. The highest BCUT2D eigenvalue weighted by Crippen LogP contribution is 2.37. The number of aromatic nitrogens is 4. The number of benzene rings is 2. The minimum absolute atomic E-state index is 0.233. The van der Waals surface area contributed by atoms with E-state index in [-0.39, 0.29) is 13.6 Å². The molecule has 2 aromatic carbocycles. The molecule has 0 saturated heterocycles. The summed E-state index contributed by atoms with van der Waals surface area (Å²) in [6.45, 7) is 0.923. The first-order chi connectivity index (χ1) is 12.3. The van der Waals surface area contributed by atoms with Gasteiger partial charge in [0, 0.05) is 10.0 Å². The van der Waals surface area contributed by atoms with Gasteiger partial charge in [-0.2, -0.15) is 4.80 Å². The Morgan fingerprint density at radius 1 is 0.920 bits per heavy atom. The van der Waals surface area contributed by atoms with E-state index in [1.807, 2.05) is 30.3 Å². The number of ether oxygens (including phenoxy) is 4. The first-order valence-electron chi connectivity index (χ1n) is 7.52. The van der Waals surface area contributed by atoms with Gasteiger partial charge in [0.15, 0.2) is 23.0 Å². The van der Waals surface area contributed by atoms with Crippen molar-refractivity contribution in [3.8, 4) is 34.4 Å². The van der Waals surface area contributed by atoms with Crippen LogP contribution in [0.2, 0.25) is 0 Å². The molecule has 126 valence electrons. The summed E-state index contributed by atoms with van der Waals surface area (Å²) in [5.41, 5.74) is 1.79. The maximum atomic E-state index is 5.41. The number of nitrogens with zero attached hydrogens (tertiary/aromatic N) is 4. The predicted octanol–water partition coefficient (Wildman–Crippen LogP) is 2.61. The van der Waals surface area contributed by atoms with Gasteiger partial charge in [-0.3, -0.25) is 0 Å². The van der Waals surface area contributed by atoms with Crippen molar-refractivity contribution in [1.29, 1.82) is 0 Å². The van der Waals surface area contributed by atoms with Crippen LogP contribution >= 0.6 is 15.9 Å². The average Bonchev–Trinajstić information content (AvgIpc) is 3.34.